The molecular formula is C30H26N2O7. The van der Waals surface area contributed by atoms with E-state index in [0.717, 1.165) is 0 Å². The van der Waals surface area contributed by atoms with E-state index < -0.39 is 18.5 Å². The number of hydrogen-bond donors (Lipinski definition) is 1. The third-order valence-electron chi connectivity index (χ3n) is 5.74. The number of nitriles is 1. The number of furan rings is 1. The van der Waals surface area contributed by atoms with Gasteiger partial charge in [-0.15, -0.1) is 0 Å². The summed E-state index contributed by atoms with van der Waals surface area (Å²) in [4.78, 5) is 25.1. The molecule has 0 fully saturated rings. The summed E-state index contributed by atoms with van der Waals surface area (Å²) in [6.07, 6.45) is 0. The quantitative estimate of drug-likeness (QED) is 0.262. The number of hydrogen-bond acceptors (Lipinski definition) is 8. The molecule has 1 aromatic heterocycles. The van der Waals surface area contributed by atoms with Gasteiger partial charge in [-0.1, -0.05) is 12.1 Å². The lowest BCUT2D eigenvalue weighted by Gasteiger charge is -2.06. The zero-order valence-corrected chi connectivity index (χ0v) is 21.6. The minimum absolute atomic E-state index is 0.0590. The van der Waals surface area contributed by atoms with Gasteiger partial charge in [0.1, 0.15) is 34.6 Å². The van der Waals surface area contributed by atoms with Crippen LogP contribution in [0.25, 0.3) is 22.5 Å². The Morgan fingerprint density at radius 2 is 1.41 bits per heavy atom. The number of benzene rings is 3. The Hall–Kier alpha value is -5.23. The Morgan fingerprint density at radius 3 is 1.95 bits per heavy atom. The highest BCUT2D eigenvalue weighted by Crippen LogP contribution is 2.42. The van der Waals surface area contributed by atoms with E-state index in [2.05, 4.69) is 11.4 Å². The molecule has 0 aliphatic carbocycles. The summed E-state index contributed by atoms with van der Waals surface area (Å²) in [7, 11) is 3.13. The molecule has 39 heavy (non-hydrogen) atoms. The molecule has 1 N–H and O–H groups in total. The molecule has 4 rings (SSSR count). The zero-order chi connectivity index (χ0) is 27.8. The van der Waals surface area contributed by atoms with Crippen molar-refractivity contribution in [2.24, 2.45) is 0 Å². The van der Waals surface area contributed by atoms with E-state index in [1.165, 1.54) is 0 Å². The molecule has 3 aromatic carbocycles. The van der Waals surface area contributed by atoms with Gasteiger partial charge in [-0.3, -0.25) is 10.1 Å². The van der Waals surface area contributed by atoms with Crippen LogP contribution in [-0.4, -0.2) is 39.3 Å². The Bertz CT molecular complexity index is 1480. The van der Waals surface area contributed by atoms with Gasteiger partial charge in [-0.25, -0.2) is 4.79 Å². The number of anilines is 1. The predicted octanol–water partition coefficient (Wildman–Crippen LogP) is 5.70. The fourth-order valence-electron chi connectivity index (χ4n) is 3.84. The number of ether oxygens (including phenoxy) is 4. The molecule has 1 heterocycles. The average molecular weight is 527 g/mol. The summed E-state index contributed by atoms with van der Waals surface area (Å²) in [5.41, 5.74) is 2.24. The highest BCUT2D eigenvalue weighted by molar-refractivity contribution is 5.98. The van der Waals surface area contributed by atoms with E-state index in [4.69, 9.17) is 23.4 Å². The number of nitrogens with one attached hydrogen (secondary N) is 1. The molecule has 0 saturated heterocycles. The molecule has 0 radical (unpaired) electrons. The largest absolute Gasteiger partial charge is 0.497 e. The lowest BCUT2D eigenvalue weighted by molar-refractivity contribution is -0.119. The van der Waals surface area contributed by atoms with Crippen molar-refractivity contribution in [3.63, 3.8) is 0 Å². The fraction of sp³-hybridized carbons (Fsp3) is 0.167. The summed E-state index contributed by atoms with van der Waals surface area (Å²) in [5.74, 6) is 0.897. The van der Waals surface area contributed by atoms with Crippen LogP contribution in [-0.2, 0) is 9.53 Å². The number of rotatable bonds is 10. The second-order valence-corrected chi connectivity index (χ2v) is 8.16. The van der Waals surface area contributed by atoms with Crippen molar-refractivity contribution in [1.82, 2.24) is 0 Å². The first-order valence-corrected chi connectivity index (χ1v) is 12.0. The van der Waals surface area contributed by atoms with Gasteiger partial charge in [0.2, 0.25) is 5.88 Å². The van der Waals surface area contributed by atoms with Crippen LogP contribution in [0.4, 0.5) is 5.88 Å². The highest BCUT2D eigenvalue weighted by atomic mass is 16.5. The van der Waals surface area contributed by atoms with Crippen LogP contribution < -0.4 is 19.5 Å². The van der Waals surface area contributed by atoms with Gasteiger partial charge in [0, 0.05) is 11.1 Å². The third-order valence-corrected chi connectivity index (χ3v) is 5.74. The molecule has 9 nitrogen and oxygen atoms in total. The van der Waals surface area contributed by atoms with Crippen molar-refractivity contribution in [1.29, 1.82) is 5.26 Å². The smallest absolute Gasteiger partial charge is 0.338 e. The Morgan fingerprint density at radius 1 is 0.846 bits per heavy atom. The minimum atomic E-state index is -0.675. The number of esters is 1. The number of methoxy groups -OCH3 is 2. The van der Waals surface area contributed by atoms with Crippen LogP contribution in [0.1, 0.15) is 22.8 Å². The standard InChI is InChI=1S/C30H26N2O7/c1-4-37-24-15-9-21(10-16-24)30(34)38-18-26(33)32-29-25(17-31)27(19-5-11-22(35-2)12-6-19)28(39-29)20-7-13-23(36-3)14-8-20/h5-16H,4,18H2,1-3H3,(H,32,33). The maximum absolute atomic E-state index is 12.7. The van der Waals surface area contributed by atoms with Crippen LogP contribution in [0.2, 0.25) is 0 Å². The monoisotopic (exact) mass is 526 g/mol. The summed E-state index contributed by atoms with van der Waals surface area (Å²) < 4.78 is 27.0. The summed E-state index contributed by atoms with van der Waals surface area (Å²) in [6, 6.07) is 22.7. The first-order valence-electron chi connectivity index (χ1n) is 12.0. The Labute approximate surface area is 225 Å². The van der Waals surface area contributed by atoms with Crippen molar-refractivity contribution < 1.29 is 33.0 Å². The maximum Gasteiger partial charge on any atom is 0.338 e. The molecule has 1 amide bonds. The second kappa shape index (κ2) is 12.3. The van der Waals surface area contributed by atoms with Crippen molar-refractivity contribution >= 4 is 17.8 Å². The van der Waals surface area contributed by atoms with E-state index in [9.17, 15) is 14.9 Å². The molecule has 0 spiro atoms. The molecule has 0 aliphatic heterocycles. The van der Waals surface area contributed by atoms with Gasteiger partial charge in [0.05, 0.1) is 26.4 Å². The normalized spacial score (nSPS) is 10.3. The average Bonchev–Trinajstić information content (AvgIpc) is 3.34. The van der Waals surface area contributed by atoms with Crippen molar-refractivity contribution in [3.05, 3.63) is 83.9 Å². The van der Waals surface area contributed by atoms with Crippen molar-refractivity contribution in [3.8, 4) is 45.8 Å². The molecule has 9 heteroatoms. The summed E-state index contributed by atoms with van der Waals surface area (Å²) in [5, 5.41) is 12.6. The van der Waals surface area contributed by atoms with Crippen LogP contribution in [0.5, 0.6) is 17.2 Å². The number of carbonyl (C=O) groups excluding carboxylic acids is 2. The van der Waals surface area contributed by atoms with Gasteiger partial charge in [-0.2, -0.15) is 5.26 Å². The topological polar surface area (TPSA) is 120 Å². The van der Waals surface area contributed by atoms with E-state index in [-0.39, 0.29) is 17.0 Å². The number of amides is 1. The number of carbonyl (C=O) groups is 2. The van der Waals surface area contributed by atoms with Crippen molar-refractivity contribution in [2.45, 2.75) is 6.92 Å². The SMILES string of the molecule is CCOc1ccc(C(=O)OCC(=O)Nc2oc(-c3ccc(OC)cc3)c(-c3ccc(OC)cc3)c2C#N)cc1. The number of nitrogens with zero attached hydrogens (tertiary/aromatic N) is 1. The lowest BCUT2D eigenvalue weighted by atomic mass is 9.98. The van der Waals surface area contributed by atoms with Crippen LogP contribution in [0, 0.1) is 11.3 Å². The van der Waals surface area contributed by atoms with Gasteiger partial charge in [-0.05, 0) is 73.2 Å². The first-order chi connectivity index (χ1) is 19.0. The van der Waals surface area contributed by atoms with Gasteiger partial charge in [0.25, 0.3) is 5.91 Å². The zero-order valence-electron chi connectivity index (χ0n) is 21.6. The van der Waals surface area contributed by atoms with E-state index in [1.807, 2.05) is 6.92 Å². The first kappa shape index (κ1) is 26.8. The fourth-order valence-corrected chi connectivity index (χ4v) is 3.84. The molecule has 0 atom stereocenters. The Kier molecular flexibility index (Phi) is 8.49. The molecule has 0 saturated carbocycles. The van der Waals surface area contributed by atoms with E-state index in [0.29, 0.717) is 46.3 Å². The van der Waals surface area contributed by atoms with Crippen LogP contribution in [0.3, 0.4) is 0 Å². The molecular weight excluding hydrogens is 500 g/mol. The van der Waals surface area contributed by atoms with Gasteiger partial charge in [0.15, 0.2) is 6.61 Å². The molecule has 198 valence electrons. The molecule has 4 aromatic rings. The highest BCUT2D eigenvalue weighted by Gasteiger charge is 2.25. The Balaban J connectivity index is 1.58. The predicted molar refractivity (Wildman–Crippen MR) is 144 cm³/mol. The third kappa shape index (κ3) is 6.19. The van der Waals surface area contributed by atoms with Gasteiger partial charge >= 0.3 is 5.97 Å². The molecule has 0 aliphatic rings. The second-order valence-electron chi connectivity index (χ2n) is 8.16. The van der Waals surface area contributed by atoms with Crippen molar-refractivity contribution in [2.75, 3.05) is 32.8 Å². The van der Waals surface area contributed by atoms with Crippen LogP contribution in [0.15, 0.2) is 77.2 Å². The minimum Gasteiger partial charge on any atom is -0.497 e. The lowest BCUT2D eigenvalue weighted by Crippen LogP contribution is -2.21. The van der Waals surface area contributed by atoms with E-state index >= 15 is 0 Å². The molecule has 0 unspecified atom stereocenters. The van der Waals surface area contributed by atoms with E-state index in [1.54, 1.807) is 87.0 Å². The van der Waals surface area contributed by atoms with Gasteiger partial charge < -0.3 is 23.4 Å². The van der Waals surface area contributed by atoms with Crippen LogP contribution >= 0.6 is 0 Å². The maximum atomic E-state index is 12.7. The molecule has 0 bridgehead atoms. The summed E-state index contributed by atoms with van der Waals surface area (Å²) in [6.45, 7) is 1.78. The summed E-state index contributed by atoms with van der Waals surface area (Å²) >= 11 is 0.